The molecule has 0 atom stereocenters. The van der Waals surface area contributed by atoms with Gasteiger partial charge in [-0.2, -0.15) is 9.97 Å². The molecular weight excluding hydrogens is 252 g/mol. The lowest BCUT2D eigenvalue weighted by molar-refractivity contribution is 0.559. The number of rotatable bonds is 2. The van der Waals surface area contributed by atoms with E-state index in [2.05, 4.69) is 24.9 Å². The van der Waals surface area contributed by atoms with Crippen molar-refractivity contribution in [1.29, 1.82) is 0 Å². The second-order valence-electron chi connectivity index (χ2n) is 5.14. The van der Waals surface area contributed by atoms with Gasteiger partial charge in [0, 0.05) is 18.3 Å². The Morgan fingerprint density at radius 1 is 0.850 bits per heavy atom. The standard InChI is InChI=1S/C14H18N6/c15-14-19-11(10-6-3-1-2-4-7-10)18-13(20-14)12-16-8-5-9-17-12/h5,8-10H,1-4,6-7H2,(H2,15,18,19,20). The number of nitrogens with two attached hydrogens (primary N) is 1. The SMILES string of the molecule is Nc1nc(-c2ncccn2)nc(C2CCCCCC2)n1. The lowest BCUT2D eigenvalue weighted by atomic mass is 10.00. The van der Waals surface area contributed by atoms with E-state index in [1.165, 1.54) is 25.7 Å². The Morgan fingerprint density at radius 3 is 2.25 bits per heavy atom. The number of hydrogen-bond acceptors (Lipinski definition) is 6. The summed E-state index contributed by atoms with van der Waals surface area (Å²) >= 11 is 0. The highest BCUT2D eigenvalue weighted by molar-refractivity contribution is 5.44. The van der Waals surface area contributed by atoms with Crippen molar-refractivity contribution < 1.29 is 0 Å². The summed E-state index contributed by atoms with van der Waals surface area (Å²) in [6.45, 7) is 0. The monoisotopic (exact) mass is 270 g/mol. The number of nitrogens with zero attached hydrogens (tertiary/aromatic N) is 5. The summed E-state index contributed by atoms with van der Waals surface area (Å²) in [5.74, 6) is 2.39. The van der Waals surface area contributed by atoms with Gasteiger partial charge < -0.3 is 5.73 Å². The van der Waals surface area contributed by atoms with Gasteiger partial charge in [-0.1, -0.05) is 25.7 Å². The summed E-state index contributed by atoms with van der Waals surface area (Å²) < 4.78 is 0. The van der Waals surface area contributed by atoms with Crippen molar-refractivity contribution in [3.05, 3.63) is 24.3 Å². The van der Waals surface area contributed by atoms with Crippen LogP contribution in [-0.4, -0.2) is 24.9 Å². The summed E-state index contributed by atoms with van der Waals surface area (Å²) in [5.41, 5.74) is 5.82. The first-order chi connectivity index (χ1) is 9.83. The summed E-state index contributed by atoms with van der Waals surface area (Å²) in [4.78, 5) is 21.4. The Bertz CT molecular complexity index is 563. The highest BCUT2D eigenvalue weighted by Gasteiger charge is 2.19. The topological polar surface area (TPSA) is 90.5 Å². The van der Waals surface area contributed by atoms with Crippen LogP contribution in [0.1, 0.15) is 50.3 Å². The van der Waals surface area contributed by atoms with Crippen LogP contribution in [0.2, 0.25) is 0 Å². The minimum absolute atomic E-state index is 0.252. The van der Waals surface area contributed by atoms with Crippen LogP contribution >= 0.6 is 0 Å². The van der Waals surface area contributed by atoms with Crippen molar-refractivity contribution in [1.82, 2.24) is 24.9 Å². The van der Waals surface area contributed by atoms with E-state index in [9.17, 15) is 0 Å². The summed E-state index contributed by atoms with van der Waals surface area (Å²) in [6, 6.07) is 1.76. The molecule has 0 aliphatic heterocycles. The maximum absolute atomic E-state index is 5.82. The minimum atomic E-state index is 0.252. The molecule has 2 N–H and O–H groups in total. The molecule has 0 saturated heterocycles. The summed E-state index contributed by atoms with van der Waals surface area (Å²) in [6.07, 6.45) is 10.6. The van der Waals surface area contributed by atoms with Gasteiger partial charge in [0.05, 0.1) is 0 Å². The lowest BCUT2D eigenvalue weighted by Crippen LogP contribution is -2.10. The predicted molar refractivity (Wildman–Crippen MR) is 75.7 cm³/mol. The zero-order chi connectivity index (χ0) is 13.8. The van der Waals surface area contributed by atoms with Gasteiger partial charge in [-0.3, -0.25) is 0 Å². The van der Waals surface area contributed by atoms with Crippen molar-refractivity contribution in [3.63, 3.8) is 0 Å². The van der Waals surface area contributed by atoms with Crippen LogP contribution in [0.15, 0.2) is 18.5 Å². The molecule has 0 aromatic carbocycles. The number of aromatic nitrogens is 5. The molecule has 0 spiro atoms. The average molecular weight is 270 g/mol. The molecule has 0 unspecified atom stereocenters. The van der Waals surface area contributed by atoms with Gasteiger partial charge >= 0.3 is 0 Å². The Balaban J connectivity index is 1.94. The van der Waals surface area contributed by atoms with E-state index in [1.54, 1.807) is 18.5 Å². The van der Waals surface area contributed by atoms with Gasteiger partial charge in [-0.15, -0.1) is 0 Å². The van der Waals surface area contributed by atoms with E-state index in [1.807, 2.05) is 0 Å². The van der Waals surface area contributed by atoms with E-state index >= 15 is 0 Å². The number of anilines is 1. The van der Waals surface area contributed by atoms with Crippen LogP contribution in [-0.2, 0) is 0 Å². The molecule has 104 valence electrons. The molecule has 2 aromatic heterocycles. The largest absolute Gasteiger partial charge is 0.368 e. The van der Waals surface area contributed by atoms with Crippen LogP contribution in [0.4, 0.5) is 5.95 Å². The highest BCUT2D eigenvalue weighted by atomic mass is 15.1. The van der Waals surface area contributed by atoms with Gasteiger partial charge in [0.1, 0.15) is 5.82 Å². The molecule has 6 heteroatoms. The molecule has 0 radical (unpaired) electrons. The Kier molecular flexibility index (Phi) is 3.80. The maximum Gasteiger partial charge on any atom is 0.223 e. The maximum atomic E-state index is 5.82. The van der Waals surface area contributed by atoms with Crippen LogP contribution in [0.25, 0.3) is 11.6 Å². The smallest absolute Gasteiger partial charge is 0.223 e. The molecule has 2 aromatic rings. The van der Waals surface area contributed by atoms with E-state index in [-0.39, 0.29) is 5.95 Å². The van der Waals surface area contributed by atoms with E-state index in [0.717, 1.165) is 18.7 Å². The molecule has 3 rings (SSSR count). The zero-order valence-electron chi connectivity index (χ0n) is 11.4. The first-order valence-electron chi connectivity index (χ1n) is 7.12. The van der Waals surface area contributed by atoms with E-state index in [0.29, 0.717) is 17.6 Å². The Labute approximate surface area is 117 Å². The molecule has 0 amide bonds. The van der Waals surface area contributed by atoms with Crippen molar-refractivity contribution in [3.8, 4) is 11.6 Å². The second-order valence-corrected chi connectivity index (χ2v) is 5.14. The zero-order valence-corrected chi connectivity index (χ0v) is 11.4. The fourth-order valence-electron chi connectivity index (χ4n) is 2.64. The van der Waals surface area contributed by atoms with Gasteiger partial charge in [0.15, 0.2) is 5.82 Å². The molecule has 6 nitrogen and oxygen atoms in total. The van der Waals surface area contributed by atoms with Crippen LogP contribution in [0.5, 0.6) is 0 Å². The molecule has 20 heavy (non-hydrogen) atoms. The lowest BCUT2D eigenvalue weighted by Gasteiger charge is -2.13. The molecule has 0 bridgehead atoms. The van der Waals surface area contributed by atoms with Crippen LogP contribution < -0.4 is 5.73 Å². The third kappa shape index (κ3) is 2.89. The molecule has 2 heterocycles. The van der Waals surface area contributed by atoms with Crippen LogP contribution in [0, 0.1) is 0 Å². The molecule has 1 aliphatic carbocycles. The average Bonchev–Trinajstić information content (AvgIpc) is 2.77. The van der Waals surface area contributed by atoms with Gasteiger partial charge in [0.2, 0.25) is 11.8 Å². The Hall–Kier alpha value is -2.11. The minimum Gasteiger partial charge on any atom is -0.368 e. The van der Waals surface area contributed by atoms with Crippen molar-refractivity contribution in [2.75, 3.05) is 5.73 Å². The summed E-state index contributed by atoms with van der Waals surface area (Å²) in [7, 11) is 0. The molecule has 1 aliphatic rings. The predicted octanol–water partition coefficient (Wildman–Crippen LogP) is 2.35. The first-order valence-corrected chi connectivity index (χ1v) is 7.12. The quantitative estimate of drug-likeness (QED) is 0.842. The number of nitrogen functional groups attached to an aromatic ring is 1. The van der Waals surface area contributed by atoms with Crippen LogP contribution in [0.3, 0.4) is 0 Å². The number of hydrogen-bond donors (Lipinski definition) is 1. The van der Waals surface area contributed by atoms with Gasteiger partial charge in [0.25, 0.3) is 0 Å². The van der Waals surface area contributed by atoms with E-state index < -0.39 is 0 Å². The normalized spacial score (nSPS) is 16.8. The van der Waals surface area contributed by atoms with Crippen molar-refractivity contribution >= 4 is 5.95 Å². The third-order valence-corrected chi connectivity index (χ3v) is 3.66. The fourth-order valence-corrected chi connectivity index (χ4v) is 2.64. The second kappa shape index (κ2) is 5.90. The van der Waals surface area contributed by atoms with Crippen molar-refractivity contribution in [2.24, 2.45) is 0 Å². The van der Waals surface area contributed by atoms with Gasteiger partial charge in [-0.05, 0) is 18.9 Å². The molecule has 1 fully saturated rings. The molecule has 1 saturated carbocycles. The first kappa shape index (κ1) is 12.9. The van der Waals surface area contributed by atoms with E-state index in [4.69, 9.17) is 5.73 Å². The van der Waals surface area contributed by atoms with Crippen molar-refractivity contribution in [2.45, 2.75) is 44.4 Å². The third-order valence-electron chi connectivity index (χ3n) is 3.66. The van der Waals surface area contributed by atoms with Gasteiger partial charge in [-0.25, -0.2) is 15.0 Å². The molecular formula is C14H18N6. The highest BCUT2D eigenvalue weighted by Crippen LogP contribution is 2.30. The Morgan fingerprint density at radius 2 is 1.55 bits per heavy atom. The summed E-state index contributed by atoms with van der Waals surface area (Å²) in [5, 5.41) is 0. The fraction of sp³-hybridized carbons (Fsp3) is 0.500.